The van der Waals surface area contributed by atoms with Crippen molar-refractivity contribution >= 4 is 5.71 Å². The summed E-state index contributed by atoms with van der Waals surface area (Å²) in [5, 5.41) is 0. The first-order valence-corrected chi connectivity index (χ1v) is 5.03. The minimum absolute atomic E-state index is 0.449. The summed E-state index contributed by atoms with van der Waals surface area (Å²) in [6, 6.07) is 0. The van der Waals surface area contributed by atoms with Gasteiger partial charge in [0.25, 0.3) is 0 Å². The van der Waals surface area contributed by atoms with E-state index in [-0.39, 0.29) is 0 Å². The minimum atomic E-state index is 0.449. The lowest BCUT2D eigenvalue weighted by atomic mass is 9.81. The van der Waals surface area contributed by atoms with Gasteiger partial charge >= 0.3 is 0 Å². The van der Waals surface area contributed by atoms with Crippen LogP contribution in [0.2, 0.25) is 0 Å². The monoisotopic (exact) mass is 181 g/mol. The van der Waals surface area contributed by atoms with Crippen LogP contribution in [-0.4, -0.2) is 12.8 Å². The fourth-order valence-electron chi connectivity index (χ4n) is 1.92. The third-order valence-corrected chi connectivity index (χ3v) is 2.37. The zero-order valence-corrected chi connectivity index (χ0v) is 9.89. The SMILES string of the molecule is C=C(C)C(C(=NC)C(C)C)C(C)C. The highest BCUT2D eigenvalue weighted by molar-refractivity contribution is 5.90. The van der Waals surface area contributed by atoms with Crippen LogP contribution >= 0.6 is 0 Å². The predicted octanol–water partition coefficient (Wildman–Crippen LogP) is 3.56. The minimum Gasteiger partial charge on any atom is -0.297 e. The molecule has 0 aromatic rings. The molecule has 0 fully saturated rings. The predicted molar refractivity (Wildman–Crippen MR) is 61.3 cm³/mol. The van der Waals surface area contributed by atoms with Gasteiger partial charge < -0.3 is 0 Å². The van der Waals surface area contributed by atoms with Crippen molar-refractivity contribution in [3.63, 3.8) is 0 Å². The number of allylic oxidation sites excluding steroid dienone is 1. The van der Waals surface area contributed by atoms with E-state index >= 15 is 0 Å². The zero-order valence-electron chi connectivity index (χ0n) is 9.89. The van der Waals surface area contributed by atoms with E-state index in [0.29, 0.717) is 17.8 Å². The summed E-state index contributed by atoms with van der Waals surface area (Å²) < 4.78 is 0. The number of hydrogen-bond donors (Lipinski definition) is 0. The molecule has 1 atom stereocenters. The second-order valence-electron chi connectivity index (χ2n) is 4.37. The second-order valence-corrected chi connectivity index (χ2v) is 4.37. The maximum absolute atomic E-state index is 4.39. The summed E-state index contributed by atoms with van der Waals surface area (Å²) in [7, 11) is 1.88. The van der Waals surface area contributed by atoms with Gasteiger partial charge in [0.2, 0.25) is 0 Å². The van der Waals surface area contributed by atoms with Crippen molar-refractivity contribution in [2.45, 2.75) is 34.6 Å². The fourth-order valence-corrected chi connectivity index (χ4v) is 1.92. The van der Waals surface area contributed by atoms with Gasteiger partial charge in [0.05, 0.1) is 0 Å². The zero-order chi connectivity index (χ0) is 10.6. The Labute approximate surface area is 83.0 Å². The summed E-state index contributed by atoms with van der Waals surface area (Å²) in [5.41, 5.74) is 2.51. The van der Waals surface area contributed by atoms with Crippen LogP contribution in [0.15, 0.2) is 17.1 Å². The molecule has 0 spiro atoms. The first-order valence-electron chi connectivity index (χ1n) is 5.03. The van der Waals surface area contributed by atoms with Crippen molar-refractivity contribution < 1.29 is 0 Å². The summed E-state index contributed by atoms with van der Waals surface area (Å²) in [4.78, 5) is 4.39. The van der Waals surface area contributed by atoms with Crippen molar-refractivity contribution in [3.8, 4) is 0 Å². The molecule has 0 saturated carbocycles. The molecule has 0 amide bonds. The average molecular weight is 181 g/mol. The lowest BCUT2D eigenvalue weighted by molar-refractivity contribution is 0.535. The van der Waals surface area contributed by atoms with Crippen molar-refractivity contribution in [3.05, 3.63) is 12.2 Å². The van der Waals surface area contributed by atoms with E-state index < -0.39 is 0 Å². The smallest absolute Gasteiger partial charge is 0.0276 e. The molecule has 0 heterocycles. The van der Waals surface area contributed by atoms with Crippen LogP contribution in [-0.2, 0) is 0 Å². The third kappa shape index (κ3) is 3.33. The van der Waals surface area contributed by atoms with E-state index in [0.717, 1.165) is 0 Å². The molecule has 0 aliphatic heterocycles. The molecule has 1 unspecified atom stereocenters. The van der Waals surface area contributed by atoms with Crippen LogP contribution in [0, 0.1) is 17.8 Å². The van der Waals surface area contributed by atoms with E-state index in [1.54, 1.807) is 0 Å². The standard InChI is InChI=1S/C12H23N/c1-8(2)11(9(3)4)12(13-7)10(5)6/h9-11H,1H2,2-7H3. The van der Waals surface area contributed by atoms with Gasteiger partial charge in [0, 0.05) is 18.7 Å². The van der Waals surface area contributed by atoms with Crippen LogP contribution in [0.1, 0.15) is 34.6 Å². The Kier molecular flexibility index (Phi) is 4.97. The largest absolute Gasteiger partial charge is 0.297 e. The molecule has 0 aromatic heterocycles. The van der Waals surface area contributed by atoms with Crippen molar-refractivity contribution in [2.75, 3.05) is 7.05 Å². The van der Waals surface area contributed by atoms with Gasteiger partial charge in [0.15, 0.2) is 0 Å². The highest BCUT2D eigenvalue weighted by atomic mass is 14.7. The quantitative estimate of drug-likeness (QED) is 0.464. The Balaban J connectivity index is 4.82. The topological polar surface area (TPSA) is 12.4 Å². The number of rotatable bonds is 4. The fraction of sp³-hybridized carbons (Fsp3) is 0.750. The molecule has 0 radical (unpaired) electrons. The van der Waals surface area contributed by atoms with Crippen LogP contribution < -0.4 is 0 Å². The van der Waals surface area contributed by atoms with Gasteiger partial charge in [-0.2, -0.15) is 0 Å². The maximum Gasteiger partial charge on any atom is 0.0276 e. The lowest BCUT2D eigenvalue weighted by Crippen LogP contribution is -2.25. The van der Waals surface area contributed by atoms with Crippen LogP contribution in [0.4, 0.5) is 0 Å². The van der Waals surface area contributed by atoms with Crippen LogP contribution in [0.3, 0.4) is 0 Å². The normalized spacial score (nSPS) is 15.2. The maximum atomic E-state index is 4.39. The van der Waals surface area contributed by atoms with Gasteiger partial charge in [-0.1, -0.05) is 39.8 Å². The molecule has 1 heteroatoms. The third-order valence-electron chi connectivity index (χ3n) is 2.37. The van der Waals surface area contributed by atoms with Crippen LogP contribution in [0.5, 0.6) is 0 Å². The van der Waals surface area contributed by atoms with Gasteiger partial charge in [-0.05, 0) is 18.8 Å². The van der Waals surface area contributed by atoms with Gasteiger partial charge in [0.1, 0.15) is 0 Å². The second kappa shape index (κ2) is 5.21. The first-order chi connectivity index (χ1) is 5.91. The van der Waals surface area contributed by atoms with Crippen LogP contribution in [0.25, 0.3) is 0 Å². The van der Waals surface area contributed by atoms with Crippen molar-refractivity contribution in [2.24, 2.45) is 22.7 Å². The van der Waals surface area contributed by atoms with Gasteiger partial charge in [-0.3, -0.25) is 4.99 Å². The molecule has 0 N–H and O–H groups in total. The Hall–Kier alpha value is -0.590. The molecular formula is C12H23N. The lowest BCUT2D eigenvalue weighted by Gasteiger charge is -2.25. The van der Waals surface area contributed by atoms with E-state index in [1.165, 1.54) is 11.3 Å². The molecule has 0 bridgehead atoms. The summed E-state index contributed by atoms with van der Waals surface area (Å²) in [6.07, 6.45) is 0. The molecule has 13 heavy (non-hydrogen) atoms. The molecule has 0 saturated heterocycles. The molecule has 0 rings (SSSR count). The molecule has 0 aliphatic carbocycles. The summed E-state index contributed by atoms with van der Waals surface area (Å²) in [5.74, 6) is 1.57. The number of hydrogen-bond acceptors (Lipinski definition) is 1. The van der Waals surface area contributed by atoms with E-state index in [4.69, 9.17) is 0 Å². The Morgan fingerprint density at radius 3 is 1.69 bits per heavy atom. The molecule has 0 aromatic carbocycles. The number of aliphatic imine (C=N–C) groups is 1. The molecule has 1 nitrogen and oxygen atoms in total. The van der Waals surface area contributed by atoms with Gasteiger partial charge in [-0.15, -0.1) is 0 Å². The first kappa shape index (κ1) is 12.4. The highest BCUT2D eigenvalue weighted by Crippen LogP contribution is 2.24. The summed E-state index contributed by atoms with van der Waals surface area (Å²) in [6.45, 7) is 15.0. The molecular weight excluding hydrogens is 158 g/mol. The van der Waals surface area contributed by atoms with E-state index in [9.17, 15) is 0 Å². The van der Waals surface area contributed by atoms with Crippen molar-refractivity contribution in [1.29, 1.82) is 0 Å². The average Bonchev–Trinajstić information content (AvgIpc) is 1.97. The molecule has 0 aliphatic rings. The molecule has 76 valence electrons. The Morgan fingerprint density at radius 1 is 1.15 bits per heavy atom. The summed E-state index contributed by atoms with van der Waals surface area (Å²) >= 11 is 0. The number of nitrogens with zero attached hydrogens (tertiary/aromatic N) is 1. The van der Waals surface area contributed by atoms with E-state index in [2.05, 4.69) is 46.2 Å². The Morgan fingerprint density at radius 2 is 1.62 bits per heavy atom. The van der Waals surface area contributed by atoms with E-state index in [1.807, 2.05) is 7.05 Å². The highest BCUT2D eigenvalue weighted by Gasteiger charge is 2.22. The van der Waals surface area contributed by atoms with Crippen molar-refractivity contribution in [1.82, 2.24) is 0 Å². The Bertz CT molecular complexity index is 199. The van der Waals surface area contributed by atoms with Gasteiger partial charge in [-0.25, -0.2) is 0 Å².